The molecule has 2 aromatic rings. The second-order valence-corrected chi connectivity index (χ2v) is 10.8. The molecule has 4 N–H and O–H groups in total. The van der Waals surface area contributed by atoms with Crippen molar-refractivity contribution in [3.63, 3.8) is 0 Å². The number of unbranched alkanes of at least 4 members (excludes halogenated alkanes) is 4. The number of allylic oxidation sites excluding steroid dienone is 1. The molecule has 0 aliphatic rings. The molecule has 0 saturated heterocycles. The molecule has 1 amide bonds. The van der Waals surface area contributed by atoms with Crippen LogP contribution in [0, 0.1) is 11.8 Å². The highest BCUT2D eigenvalue weighted by Gasteiger charge is 2.35. The van der Waals surface area contributed by atoms with Crippen molar-refractivity contribution in [2.45, 2.75) is 77.2 Å². The first-order chi connectivity index (χ1) is 21.0. The first kappa shape index (κ1) is 35.7. The minimum atomic E-state index is -1.58. The first-order valence-electron chi connectivity index (χ1n) is 14.9. The van der Waals surface area contributed by atoms with Crippen molar-refractivity contribution >= 4 is 29.6 Å². The fourth-order valence-electron chi connectivity index (χ4n) is 4.87. The van der Waals surface area contributed by atoms with E-state index in [2.05, 4.69) is 5.32 Å². The standard InChI is InChI=1S/C34H43NO9/c1-3-10-26(36)11-8-6-4-5-7-9-12-28(29(33(40)41)22-31(37)38)32(39)35-30(34(42)43)21-23-13-15-24(16-14-23)25-17-19-27(44-2)20-18-25/h9,12-20,28-30H,3-8,10-11,21-22H2,1-2H3,(H,35,39)(H,37,38)(H,40,41)(H,42,43)/b12-9+/t28-,29+,30-/m0/s1. The average molecular weight is 610 g/mol. The molecule has 2 aromatic carbocycles. The van der Waals surface area contributed by atoms with Crippen LogP contribution in [0.3, 0.4) is 0 Å². The molecular formula is C34H43NO9. The van der Waals surface area contributed by atoms with Gasteiger partial charge in [-0.15, -0.1) is 0 Å². The van der Waals surface area contributed by atoms with E-state index in [-0.39, 0.29) is 12.2 Å². The van der Waals surface area contributed by atoms with Crippen LogP contribution in [0.4, 0.5) is 0 Å². The maximum atomic E-state index is 13.3. The molecule has 0 radical (unpaired) electrons. The average Bonchev–Trinajstić information content (AvgIpc) is 2.99. The second kappa shape index (κ2) is 18.9. The number of carbonyl (C=O) groups is 5. The Morgan fingerprint density at radius 2 is 1.43 bits per heavy atom. The van der Waals surface area contributed by atoms with Gasteiger partial charge in [0.25, 0.3) is 0 Å². The van der Waals surface area contributed by atoms with Gasteiger partial charge in [-0.2, -0.15) is 0 Å². The number of benzene rings is 2. The molecular weight excluding hydrogens is 566 g/mol. The molecule has 0 spiro atoms. The van der Waals surface area contributed by atoms with Gasteiger partial charge in [-0.3, -0.25) is 19.2 Å². The molecule has 3 atom stereocenters. The molecule has 0 heterocycles. The fraction of sp³-hybridized carbons (Fsp3) is 0.441. The lowest BCUT2D eigenvalue weighted by atomic mass is 9.87. The summed E-state index contributed by atoms with van der Waals surface area (Å²) in [4.78, 5) is 60.3. The first-order valence-corrected chi connectivity index (χ1v) is 14.9. The van der Waals surface area contributed by atoms with Crippen LogP contribution in [0.25, 0.3) is 11.1 Å². The Bertz CT molecular complexity index is 1270. The topological polar surface area (TPSA) is 167 Å². The van der Waals surface area contributed by atoms with Gasteiger partial charge in [0.1, 0.15) is 17.6 Å². The summed E-state index contributed by atoms with van der Waals surface area (Å²) in [6.45, 7) is 1.97. The molecule has 0 unspecified atom stereocenters. The number of Topliss-reactive ketones (excluding diaryl/α,β-unsaturated/α-hetero) is 1. The number of carbonyl (C=O) groups excluding carboxylic acids is 2. The van der Waals surface area contributed by atoms with Crippen LogP contribution in [0.5, 0.6) is 5.75 Å². The van der Waals surface area contributed by atoms with Crippen molar-refractivity contribution in [1.29, 1.82) is 0 Å². The van der Waals surface area contributed by atoms with Gasteiger partial charge in [0.05, 0.1) is 25.4 Å². The van der Waals surface area contributed by atoms with E-state index in [0.29, 0.717) is 24.8 Å². The van der Waals surface area contributed by atoms with Crippen LogP contribution in [0.2, 0.25) is 0 Å². The van der Waals surface area contributed by atoms with Crippen LogP contribution in [0.1, 0.15) is 70.3 Å². The number of nitrogens with one attached hydrogen (secondary N) is 1. The Hall–Kier alpha value is -4.47. The number of carboxylic acids is 3. The third-order valence-corrected chi connectivity index (χ3v) is 7.33. The summed E-state index contributed by atoms with van der Waals surface area (Å²) in [7, 11) is 1.58. The van der Waals surface area contributed by atoms with Crippen LogP contribution in [-0.2, 0) is 30.4 Å². The maximum absolute atomic E-state index is 13.3. The number of aliphatic carboxylic acids is 3. The van der Waals surface area contributed by atoms with Gasteiger partial charge in [0.2, 0.25) is 5.91 Å². The monoisotopic (exact) mass is 609 g/mol. The van der Waals surface area contributed by atoms with Gasteiger partial charge >= 0.3 is 17.9 Å². The van der Waals surface area contributed by atoms with E-state index in [9.17, 15) is 39.3 Å². The van der Waals surface area contributed by atoms with Crippen LogP contribution in [-0.4, -0.2) is 58.1 Å². The van der Waals surface area contributed by atoms with E-state index in [4.69, 9.17) is 4.74 Å². The number of carboxylic acid groups (broad SMARTS) is 3. The maximum Gasteiger partial charge on any atom is 0.326 e. The summed E-state index contributed by atoms with van der Waals surface area (Å²) < 4.78 is 5.18. The predicted molar refractivity (Wildman–Crippen MR) is 165 cm³/mol. The van der Waals surface area contributed by atoms with E-state index >= 15 is 0 Å². The molecule has 0 aromatic heterocycles. The number of ether oxygens (including phenoxy) is 1. The number of amides is 1. The molecule has 10 nitrogen and oxygen atoms in total. The van der Waals surface area contributed by atoms with Crippen LogP contribution < -0.4 is 10.1 Å². The number of hydrogen-bond donors (Lipinski definition) is 4. The van der Waals surface area contributed by atoms with Crippen molar-refractivity contribution in [3.05, 3.63) is 66.2 Å². The third kappa shape index (κ3) is 12.4. The molecule has 0 aliphatic heterocycles. The highest BCUT2D eigenvalue weighted by atomic mass is 16.5. The van der Waals surface area contributed by atoms with Crippen molar-refractivity contribution in [1.82, 2.24) is 5.32 Å². The van der Waals surface area contributed by atoms with Gasteiger partial charge in [-0.05, 0) is 54.5 Å². The smallest absolute Gasteiger partial charge is 0.326 e. The van der Waals surface area contributed by atoms with Crippen LogP contribution in [0.15, 0.2) is 60.7 Å². The highest BCUT2D eigenvalue weighted by molar-refractivity contribution is 5.91. The summed E-state index contributed by atoms with van der Waals surface area (Å²) in [6.07, 6.45) is 7.90. The summed E-state index contributed by atoms with van der Waals surface area (Å²) in [5, 5.41) is 31.3. The molecule has 238 valence electrons. The van der Waals surface area contributed by atoms with Gasteiger partial charge in [0, 0.05) is 19.3 Å². The van der Waals surface area contributed by atoms with E-state index in [1.165, 1.54) is 6.08 Å². The van der Waals surface area contributed by atoms with Gasteiger partial charge < -0.3 is 25.4 Å². The summed E-state index contributed by atoms with van der Waals surface area (Å²) in [6, 6.07) is 13.3. The molecule has 44 heavy (non-hydrogen) atoms. The Morgan fingerprint density at radius 1 is 0.818 bits per heavy atom. The Morgan fingerprint density at radius 3 is 1.98 bits per heavy atom. The Balaban J connectivity index is 2.08. The Labute approximate surface area is 258 Å². The number of ketones is 1. The predicted octanol–water partition coefficient (Wildman–Crippen LogP) is 5.53. The molecule has 0 saturated carbocycles. The lowest BCUT2D eigenvalue weighted by molar-refractivity contribution is -0.152. The minimum absolute atomic E-state index is 0.0577. The fourth-order valence-corrected chi connectivity index (χ4v) is 4.87. The second-order valence-electron chi connectivity index (χ2n) is 10.8. The molecule has 10 heteroatoms. The lowest BCUT2D eigenvalue weighted by Gasteiger charge is -2.22. The third-order valence-electron chi connectivity index (χ3n) is 7.33. The SMILES string of the molecule is CCCC(=O)CCCCCC/C=C/[C@H](C(=O)N[C@@H](Cc1ccc(-c2ccc(OC)cc2)cc1)C(=O)O)[C@@H](CC(=O)O)C(=O)O. The molecule has 2 rings (SSSR count). The van der Waals surface area contributed by atoms with Crippen molar-refractivity contribution < 1.29 is 44.0 Å². The Kier molecular flexibility index (Phi) is 15.4. The van der Waals surface area contributed by atoms with Crippen LogP contribution >= 0.6 is 0 Å². The molecule has 0 bridgehead atoms. The summed E-state index contributed by atoms with van der Waals surface area (Å²) >= 11 is 0. The van der Waals surface area contributed by atoms with Gasteiger partial charge in [-0.1, -0.05) is 68.3 Å². The summed E-state index contributed by atoms with van der Waals surface area (Å²) in [5.74, 6) is -7.00. The van der Waals surface area contributed by atoms with E-state index in [1.807, 2.05) is 43.3 Å². The molecule has 0 fully saturated rings. The van der Waals surface area contributed by atoms with Crippen molar-refractivity contribution in [3.8, 4) is 16.9 Å². The number of rotatable bonds is 21. The zero-order valence-corrected chi connectivity index (χ0v) is 25.4. The quantitative estimate of drug-likeness (QED) is 0.105. The van der Waals surface area contributed by atoms with E-state index in [0.717, 1.165) is 49.0 Å². The van der Waals surface area contributed by atoms with Crippen molar-refractivity contribution in [2.24, 2.45) is 11.8 Å². The van der Waals surface area contributed by atoms with Crippen molar-refractivity contribution in [2.75, 3.05) is 7.11 Å². The zero-order valence-electron chi connectivity index (χ0n) is 25.4. The largest absolute Gasteiger partial charge is 0.497 e. The normalized spacial score (nSPS) is 13.1. The molecule has 0 aliphatic carbocycles. The number of hydrogen-bond acceptors (Lipinski definition) is 6. The zero-order chi connectivity index (χ0) is 32.5. The van der Waals surface area contributed by atoms with E-state index < -0.39 is 48.1 Å². The minimum Gasteiger partial charge on any atom is -0.497 e. The summed E-state index contributed by atoms with van der Waals surface area (Å²) in [5.41, 5.74) is 2.48. The van der Waals surface area contributed by atoms with Gasteiger partial charge in [-0.25, -0.2) is 4.79 Å². The highest BCUT2D eigenvalue weighted by Crippen LogP contribution is 2.24. The van der Waals surface area contributed by atoms with Gasteiger partial charge in [0.15, 0.2) is 0 Å². The lowest BCUT2D eigenvalue weighted by Crippen LogP contribution is -2.47. The number of methoxy groups -OCH3 is 1. The van der Waals surface area contributed by atoms with E-state index in [1.54, 1.807) is 25.3 Å².